The second-order valence-electron chi connectivity index (χ2n) is 5.03. The summed E-state index contributed by atoms with van der Waals surface area (Å²) >= 11 is 0. The fourth-order valence-corrected chi connectivity index (χ4v) is 2.88. The van der Waals surface area contributed by atoms with Crippen LogP contribution < -0.4 is 10.1 Å². The minimum absolute atomic E-state index is 0.265. The van der Waals surface area contributed by atoms with E-state index in [1.54, 1.807) is 0 Å². The van der Waals surface area contributed by atoms with Crippen LogP contribution in [-0.2, 0) is 13.5 Å². The Kier molecular flexibility index (Phi) is 3.25. The second-order valence-corrected chi connectivity index (χ2v) is 5.03. The van der Waals surface area contributed by atoms with Gasteiger partial charge in [0, 0.05) is 19.2 Å². The second kappa shape index (κ2) is 5.05. The summed E-state index contributed by atoms with van der Waals surface area (Å²) in [7, 11) is 3.98. The van der Waals surface area contributed by atoms with Gasteiger partial charge in [-0.1, -0.05) is 18.2 Å². The van der Waals surface area contributed by atoms with E-state index in [0.29, 0.717) is 5.92 Å². The predicted molar refractivity (Wildman–Crippen MR) is 74.1 cm³/mol. The summed E-state index contributed by atoms with van der Waals surface area (Å²) in [6.07, 6.45) is 2.88. The molecule has 2 atom stereocenters. The highest BCUT2D eigenvalue weighted by molar-refractivity contribution is 5.35. The van der Waals surface area contributed by atoms with Crippen molar-refractivity contribution in [2.45, 2.75) is 12.5 Å². The number of aromatic nitrogens is 2. The van der Waals surface area contributed by atoms with Gasteiger partial charge in [-0.3, -0.25) is 4.68 Å². The molecule has 4 nitrogen and oxygen atoms in total. The molecule has 19 heavy (non-hydrogen) atoms. The molecule has 0 aliphatic carbocycles. The third-order valence-corrected chi connectivity index (χ3v) is 3.87. The molecule has 2 aromatic rings. The topological polar surface area (TPSA) is 39.1 Å². The highest BCUT2D eigenvalue weighted by Crippen LogP contribution is 2.33. The summed E-state index contributed by atoms with van der Waals surface area (Å²) in [6.45, 7) is 0.744. The minimum atomic E-state index is 0.265. The lowest BCUT2D eigenvalue weighted by atomic mass is 9.88. The van der Waals surface area contributed by atoms with Gasteiger partial charge in [0.15, 0.2) is 0 Å². The molecule has 1 aliphatic rings. The van der Waals surface area contributed by atoms with E-state index in [4.69, 9.17) is 4.74 Å². The molecule has 1 aliphatic heterocycles. The minimum Gasteiger partial charge on any atom is -0.493 e. The number of rotatable bonds is 3. The summed E-state index contributed by atoms with van der Waals surface area (Å²) < 4.78 is 7.82. The molecule has 1 N–H and O–H groups in total. The van der Waals surface area contributed by atoms with Crippen molar-refractivity contribution in [2.75, 3.05) is 13.7 Å². The van der Waals surface area contributed by atoms with Crippen LogP contribution in [0.3, 0.4) is 0 Å². The van der Waals surface area contributed by atoms with Crippen LogP contribution in [0.4, 0.5) is 0 Å². The van der Waals surface area contributed by atoms with E-state index in [1.807, 2.05) is 37.1 Å². The van der Waals surface area contributed by atoms with Crippen LogP contribution in [0.2, 0.25) is 0 Å². The molecule has 0 bridgehead atoms. The van der Waals surface area contributed by atoms with Crippen molar-refractivity contribution in [1.82, 2.24) is 15.1 Å². The van der Waals surface area contributed by atoms with Crippen LogP contribution in [0.1, 0.15) is 17.3 Å². The van der Waals surface area contributed by atoms with Crippen LogP contribution in [-0.4, -0.2) is 23.4 Å². The maximum absolute atomic E-state index is 5.89. The van der Waals surface area contributed by atoms with Crippen molar-refractivity contribution in [3.8, 4) is 5.75 Å². The van der Waals surface area contributed by atoms with E-state index in [9.17, 15) is 0 Å². The van der Waals surface area contributed by atoms with Crippen molar-refractivity contribution in [3.05, 3.63) is 47.8 Å². The van der Waals surface area contributed by atoms with Gasteiger partial charge in [-0.2, -0.15) is 5.10 Å². The molecule has 0 saturated heterocycles. The van der Waals surface area contributed by atoms with E-state index in [2.05, 4.69) is 28.6 Å². The monoisotopic (exact) mass is 257 g/mol. The molecule has 0 spiro atoms. The molecule has 0 saturated carbocycles. The molecular formula is C15H19N3O. The molecule has 100 valence electrons. The fraction of sp³-hybridized carbons (Fsp3) is 0.400. The van der Waals surface area contributed by atoms with Gasteiger partial charge in [-0.05, 0) is 31.2 Å². The lowest BCUT2D eigenvalue weighted by molar-refractivity contribution is 0.185. The average Bonchev–Trinajstić information content (AvgIpc) is 2.86. The van der Waals surface area contributed by atoms with Crippen LogP contribution in [0, 0.1) is 5.92 Å². The first-order valence-electron chi connectivity index (χ1n) is 6.65. The number of hydrogen-bond acceptors (Lipinski definition) is 3. The van der Waals surface area contributed by atoms with Crippen LogP contribution in [0.15, 0.2) is 36.5 Å². The van der Waals surface area contributed by atoms with Crippen molar-refractivity contribution >= 4 is 0 Å². The Hall–Kier alpha value is -1.81. The lowest BCUT2D eigenvalue weighted by Crippen LogP contribution is -2.34. The van der Waals surface area contributed by atoms with Crippen LogP contribution >= 0.6 is 0 Å². The quantitative estimate of drug-likeness (QED) is 0.913. The Labute approximate surface area is 113 Å². The standard InChI is InChI=1S/C15H19N3O/c1-16-15(13-7-8-17-18(13)2)12-9-11-5-3-4-6-14(11)19-10-12/h3-8,12,15-16H,9-10H2,1-2H3. The molecule has 1 aromatic heterocycles. The normalized spacial score (nSPS) is 19.6. The molecule has 2 unspecified atom stereocenters. The molecule has 2 heterocycles. The molecule has 4 heteroatoms. The number of para-hydroxylation sites is 1. The van der Waals surface area contributed by atoms with Crippen LogP contribution in [0.25, 0.3) is 0 Å². The first-order valence-corrected chi connectivity index (χ1v) is 6.65. The maximum atomic E-state index is 5.89. The molecule has 0 fully saturated rings. The molecule has 0 radical (unpaired) electrons. The number of fused-ring (bicyclic) bond motifs is 1. The lowest BCUT2D eigenvalue weighted by Gasteiger charge is -2.31. The zero-order chi connectivity index (χ0) is 13.2. The van der Waals surface area contributed by atoms with Gasteiger partial charge in [0.25, 0.3) is 0 Å². The number of ether oxygens (including phenoxy) is 1. The summed E-state index contributed by atoms with van der Waals surface area (Å²) in [6, 6.07) is 10.6. The van der Waals surface area contributed by atoms with Crippen molar-refractivity contribution in [1.29, 1.82) is 0 Å². The largest absolute Gasteiger partial charge is 0.493 e. The van der Waals surface area contributed by atoms with E-state index < -0.39 is 0 Å². The molecular weight excluding hydrogens is 238 g/mol. The zero-order valence-corrected chi connectivity index (χ0v) is 11.3. The van der Waals surface area contributed by atoms with E-state index in [1.165, 1.54) is 11.3 Å². The number of hydrogen-bond donors (Lipinski definition) is 1. The average molecular weight is 257 g/mol. The fourth-order valence-electron chi connectivity index (χ4n) is 2.88. The highest BCUT2D eigenvalue weighted by Gasteiger charge is 2.29. The van der Waals surface area contributed by atoms with E-state index in [-0.39, 0.29) is 6.04 Å². The van der Waals surface area contributed by atoms with Gasteiger partial charge in [-0.15, -0.1) is 0 Å². The Bertz CT molecular complexity index is 564. The van der Waals surface area contributed by atoms with Gasteiger partial charge in [0.05, 0.1) is 18.3 Å². The SMILES string of the molecule is CNC(c1ccnn1C)C1COc2ccccc2C1. The third kappa shape index (κ3) is 2.24. The molecule has 1 aromatic carbocycles. The van der Waals surface area contributed by atoms with E-state index in [0.717, 1.165) is 18.8 Å². The highest BCUT2D eigenvalue weighted by atomic mass is 16.5. The summed E-state index contributed by atoms with van der Waals surface area (Å²) in [5.41, 5.74) is 2.50. The van der Waals surface area contributed by atoms with Crippen LogP contribution in [0.5, 0.6) is 5.75 Å². The number of nitrogens with one attached hydrogen (secondary N) is 1. The summed E-state index contributed by atoms with van der Waals surface area (Å²) in [5, 5.41) is 7.67. The number of benzene rings is 1. The molecule has 0 amide bonds. The van der Waals surface area contributed by atoms with Gasteiger partial charge >= 0.3 is 0 Å². The smallest absolute Gasteiger partial charge is 0.122 e. The Morgan fingerprint density at radius 1 is 1.37 bits per heavy atom. The third-order valence-electron chi connectivity index (χ3n) is 3.87. The van der Waals surface area contributed by atoms with Gasteiger partial charge < -0.3 is 10.1 Å². The Morgan fingerprint density at radius 2 is 2.21 bits per heavy atom. The number of aryl methyl sites for hydroxylation is 1. The summed E-state index contributed by atoms with van der Waals surface area (Å²) in [5.74, 6) is 1.45. The first kappa shape index (κ1) is 12.2. The number of nitrogens with zero attached hydrogens (tertiary/aromatic N) is 2. The van der Waals surface area contributed by atoms with Crippen molar-refractivity contribution in [3.63, 3.8) is 0 Å². The van der Waals surface area contributed by atoms with Gasteiger partial charge in [-0.25, -0.2) is 0 Å². The van der Waals surface area contributed by atoms with Crippen molar-refractivity contribution < 1.29 is 4.74 Å². The van der Waals surface area contributed by atoms with Crippen molar-refractivity contribution in [2.24, 2.45) is 13.0 Å². The molecule has 3 rings (SSSR count). The maximum Gasteiger partial charge on any atom is 0.122 e. The Balaban J connectivity index is 1.85. The van der Waals surface area contributed by atoms with Gasteiger partial charge in [0.2, 0.25) is 0 Å². The predicted octanol–water partition coefficient (Wildman–Crippen LogP) is 1.93. The first-order chi connectivity index (χ1) is 9.29. The Morgan fingerprint density at radius 3 is 2.95 bits per heavy atom. The van der Waals surface area contributed by atoms with E-state index >= 15 is 0 Å². The summed E-state index contributed by atoms with van der Waals surface area (Å²) in [4.78, 5) is 0. The van der Waals surface area contributed by atoms with Gasteiger partial charge in [0.1, 0.15) is 5.75 Å². The zero-order valence-electron chi connectivity index (χ0n) is 11.3.